The standard InChI is InChI=1S/C14H15ClOS4/c1-2-3-4-16-17-8-10-6-12-14(19-10)13-11(20-12)5-9(7-15)18-13/h5-6H,2-4,7-8H2,1H3. The maximum atomic E-state index is 5.92. The molecule has 0 atom stereocenters. The summed E-state index contributed by atoms with van der Waals surface area (Å²) in [7, 11) is 0. The number of alkyl halides is 1. The van der Waals surface area contributed by atoms with Gasteiger partial charge in [0.25, 0.3) is 0 Å². The van der Waals surface area contributed by atoms with E-state index in [1.54, 1.807) is 12.0 Å². The molecule has 0 aliphatic heterocycles. The van der Waals surface area contributed by atoms with Gasteiger partial charge in [0.05, 0.1) is 27.6 Å². The molecule has 0 fully saturated rings. The van der Waals surface area contributed by atoms with Crippen molar-refractivity contribution < 1.29 is 4.18 Å². The van der Waals surface area contributed by atoms with Crippen LogP contribution in [0.1, 0.15) is 29.5 Å². The van der Waals surface area contributed by atoms with Crippen molar-refractivity contribution in [1.29, 1.82) is 0 Å². The molecule has 1 nitrogen and oxygen atoms in total. The Kier molecular flexibility index (Phi) is 5.28. The van der Waals surface area contributed by atoms with E-state index in [1.807, 2.05) is 34.0 Å². The van der Waals surface area contributed by atoms with E-state index in [4.69, 9.17) is 15.8 Å². The largest absolute Gasteiger partial charge is 0.315 e. The van der Waals surface area contributed by atoms with Crippen molar-refractivity contribution in [2.75, 3.05) is 6.61 Å². The van der Waals surface area contributed by atoms with E-state index in [1.165, 1.54) is 35.0 Å². The average molecular weight is 363 g/mol. The highest BCUT2D eigenvalue weighted by atomic mass is 35.5. The van der Waals surface area contributed by atoms with E-state index in [9.17, 15) is 0 Å². The number of rotatable bonds is 7. The topological polar surface area (TPSA) is 9.23 Å². The lowest BCUT2D eigenvalue weighted by atomic mass is 10.4. The van der Waals surface area contributed by atoms with Crippen molar-refractivity contribution >= 4 is 76.5 Å². The van der Waals surface area contributed by atoms with Crippen LogP contribution in [0.25, 0.3) is 18.8 Å². The summed E-state index contributed by atoms with van der Waals surface area (Å²) < 4.78 is 11.2. The molecule has 0 radical (unpaired) electrons. The summed E-state index contributed by atoms with van der Waals surface area (Å²) in [5.74, 6) is 1.57. The van der Waals surface area contributed by atoms with Crippen LogP contribution in [0.4, 0.5) is 0 Å². The lowest BCUT2D eigenvalue weighted by Crippen LogP contribution is -1.85. The number of fused-ring (bicyclic) bond motifs is 3. The fourth-order valence-corrected chi connectivity index (χ4v) is 6.78. The van der Waals surface area contributed by atoms with Crippen LogP contribution in [0, 0.1) is 0 Å². The Morgan fingerprint density at radius 3 is 2.50 bits per heavy atom. The Morgan fingerprint density at radius 2 is 1.80 bits per heavy atom. The average Bonchev–Trinajstić information content (AvgIpc) is 3.08. The van der Waals surface area contributed by atoms with Gasteiger partial charge in [-0.15, -0.1) is 45.6 Å². The van der Waals surface area contributed by atoms with Gasteiger partial charge in [-0.2, -0.15) is 0 Å². The first-order chi connectivity index (χ1) is 9.81. The number of unbranched alkanes of at least 4 members (excludes halogenated alkanes) is 1. The molecule has 20 heavy (non-hydrogen) atoms. The highest BCUT2D eigenvalue weighted by Gasteiger charge is 2.12. The van der Waals surface area contributed by atoms with E-state index in [-0.39, 0.29) is 0 Å². The minimum absolute atomic E-state index is 0.618. The van der Waals surface area contributed by atoms with Gasteiger partial charge in [-0.3, -0.25) is 0 Å². The first kappa shape index (κ1) is 15.1. The highest BCUT2D eigenvalue weighted by Crippen LogP contribution is 2.44. The first-order valence-electron chi connectivity index (χ1n) is 6.55. The van der Waals surface area contributed by atoms with E-state index in [2.05, 4.69) is 19.1 Å². The SMILES string of the molecule is CCCCOSCc1cc2sc3cc(CCl)sc3c2s1. The van der Waals surface area contributed by atoms with Crippen LogP contribution in [0.2, 0.25) is 0 Å². The Balaban J connectivity index is 1.72. The second kappa shape index (κ2) is 6.99. The van der Waals surface area contributed by atoms with E-state index < -0.39 is 0 Å². The molecule has 3 rings (SSSR count). The normalized spacial score (nSPS) is 11.9. The molecule has 3 heterocycles. The zero-order valence-corrected chi connectivity index (χ0v) is 15.1. The van der Waals surface area contributed by atoms with Gasteiger partial charge < -0.3 is 4.18 Å². The quantitative estimate of drug-likeness (QED) is 0.257. The van der Waals surface area contributed by atoms with Gasteiger partial charge in [0.2, 0.25) is 0 Å². The number of thiophene rings is 3. The first-order valence-corrected chi connectivity index (χ1v) is 10.4. The molecular weight excluding hydrogens is 348 g/mol. The van der Waals surface area contributed by atoms with Crippen molar-refractivity contribution in [3.05, 3.63) is 21.9 Å². The maximum Gasteiger partial charge on any atom is 0.0632 e. The van der Waals surface area contributed by atoms with Gasteiger partial charge in [-0.05, 0) is 30.6 Å². The number of halogens is 1. The summed E-state index contributed by atoms with van der Waals surface area (Å²) in [5, 5.41) is 0. The van der Waals surface area contributed by atoms with Gasteiger partial charge in [0.1, 0.15) is 0 Å². The molecule has 6 heteroatoms. The second-order valence-corrected chi connectivity index (χ2v) is 8.87. The minimum Gasteiger partial charge on any atom is -0.315 e. The summed E-state index contributed by atoms with van der Waals surface area (Å²) in [6.07, 6.45) is 2.33. The zero-order valence-electron chi connectivity index (χ0n) is 11.1. The predicted molar refractivity (Wildman–Crippen MR) is 96.8 cm³/mol. The van der Waals surface area contributed by atoms with Gasteiger partial charge in [-0.25, -0.2) is 0 Å². The molecule has 108 valence electrons. The Morgan fingerprint density at radius 1 is 1.10 bits per heavy atom. The lowest BCUT2D eigenvalue weighted by molar-refractivity contribution is 0.362. The predicted octanol–water partition coefficient (Wildman–Crippen LogP) is 6.88. The molecule has 0 aliphatic rings. The molecule has 3 aromatic heterocycles. The molecule has 0 bridgehead atoms. The van der Waals surface area contributed by atoms with Crippen molar-refractivity contribution in [1.82, 2.24) is 0 Å². The third kappa shape index (κ3) is 3.18. The van der Waals surface area contributed by atoms with Crippen LogP contribution in [-0.4, -0.2) is 6.61 Å². The Bertz CT molecular complexity index is 697. The van der Waals surface area contributed by atoms with E-state index in [0.29, 0.717) is 5.88 Å². The van der Waals surface area contributed by atoms with Crippen molar-refractivity contribution in [2.24, 2.45) is 0 Å². The second-order valence-electron chi connectivity index (χ2n) is 4.49. The van der Waals surface area contributed by atoms with Crippen LogP contribution >= 0.6 is 57.7 Å². The lowest BCUT2D eigenvalue weighted by Gasteiger charge is -1.99. The van der Waals surface area contributed by atoms with E-state index in [0.717, 1.165) is 18.8 Å². The number of hydrogen-bond acceptors (Lipinski definition) is 5. The maximum absolute atomic E-state index is 5.92. The van der Waals surface area contributed by atoms with Gasteiger partial charge in [0.15, 0.2) is 0 Å². The molecule has 3 aromatic rings. The molecule has 0 N–H and O–H groups in total. The summed E-state index contributed by atoms with van der Waals surface area (Å²) in [5.41, 5.74) is 0. The molecule has 0 amide bonds. The molecule has 0 spiro atoms. The summed E-state index contributed by atoms with van der Waals surface area (Å²) in [6, 6.07) is 4.54. The smallest absolute Gasteiger partial charge is 0.0632 e. The van der Waals surface area contributed by atoms with Crippen molar-refractivity contribution in [3.63, 3.8) is 0 Å². The minimum atomic E-state index is 0.618. The van der Waals surface area contributed by atoms with Crippen LogP contribution in [-0.2, 0) is 15.8 Å². The fraction of sp³-hybridized carbons (Fsp3) is 0.429. The zero-order chi connectivity index (χ0) is 13.9. The number of hydrogen-bond donors (Lipinski definition) is 0. The molecule has 0 unspecified atom stereocenters. The monoisotopic (exact) mass is 362 g/mol. The van der Waals surface area contributed by atoms with Gasteiger partial charge in [-0.1, -0.05) is 13.3 Å². The molecule has 0 saturated heterocycles. The van der Waals surface area contributed by atoms with Crippen molar-refractivity contribution in [2.45, 2.75) is 31.4 Å². The van der Waals surface area contributed by atoms with Crippen LogP contribution in [0.15, 0.2) is 12.1 Å². The molecule has 0 saturated carbocycles. The summed E-state index contributed by atoms with van der Waals surface area (Å²) in [4.78, 5) is 2.66. The van der Waals surface area contributed by atoms with Gasteiger partial charge in [0, 0.05) is 19.2 Å². The molecule has 0 aromatic carbocycles. The Labute approximate surface area is 140 Å². The molecule has 0 aliphatic carbocycles. The highest BCUT2D eigenvalue weighted by molar-refractivity contribution is 7.94. The molecular formula is C14H15ClOS4. The Hall–Kier alpha value is 0.220. The summed E-state index contributed by atoms with van der Waals surface area (Å²) in [6.45, 7) is 3.04. The van der Waals surface area contributed by atoms with Gasteiger partial charge >= 0.3 is 0 Å². The van der Waals surface area contributed by atoms with E-state index >= 15 is 0 Å². The van der Waals surface area contributed by atoms with Crippen LogP contribution in [0.5, 0.6) is 0 Å². The summed E-state index contributed by atoms with van der Waals surface area (Å²) >= 11 is 13.1. The third-order valence-electron chi connectivity index (χ3n) is 2.92. The van der Waals surface area contributed by atoms with Crippen LogP contribution in [0.3, 0.4) is 0 Å². The van der Waals surface area contributed by atoms with Crippen LogP contribution < -0.4 is 0 Å². The third-order valence-corrected chi connectivity index (χ3v) is 8.09. The fourth-order valence-electron chi connectivity index (χ4n) is 1.93. The van der Waals surface area contributed by atoms with Crippen molar-refractivity contribution in [3.8, 4) is 0 Å².